The zero-order chi connectivity index (χ0) is 20.3. The maximum atomic E-state index is 13.3. The molecule has 1 atom stereocenters. The molecule has 2 N–H and O–H groups in total. The third-order valence-electron chi connectivity index (χ3n) is 5.73. The van der Waals surface area contributed by atoms with E-state index in [9.17, 15) is 4.79 Å². The number of benzene rings is 2. The van der Waals surface area contributed by atoms with Crippen LogP contribution in [0.1, 0.15) is 28.8 Å². The van der Waals surface area contributed by atoms with Crippen LogP contribution in [0.2, 0.25) is 0 Å². The van der Waals surface area contributed by atoms with Crippen molar-refractivity contribution in [3.8, 4) is 0 Å². The molecule has 2 aliphatic heterocycles. The summed E-state index contributed by atoms with van der Waals surface area (Å²) in [7, 11) is 1.68. The standard InChI is InChI=1S/C23H28N4O2/c1-17-8-3-4-9-18(17)21(28)27-14-7-12-23(16-27)22(24-13-15-29-2)25-19-10-5-6-11-20(19)26-23/h3-6,8-11,26H,7,12-16H2,1-2H3,(H,24,25)/t23-/m0/s1. The van der Waals surface area contributed by atoms with E-state index in [1.165, 1.54) is 0 Å². The summed E-state index contributed by atoms with van der Waals surface area (Å²) in [4.78, 5) is 20.0. The molecule has 29 heavy (non-hydrogen) atoms. The van der Waals surface area contributed by atoms with Crippen molar-refractivity contribution in [2.75, 3.05) is 44.0 Å². The van der Waals surface area contributed by atoms with Crippen molar-refractivity contribution < 1.29 is 9.53 Å². The van der Waals surface area contributed by atoms with Crippen LogP contribution in [0.25, 0.3) is 0 Å². The number of methoxy groups -OCH3 is 1. The largest absolute Gasteiger partial charge is 0.383 e. The molecular weight excluding hydrogens is 364 g/mol. The minimum atomic E-state index is -0.418. The first-order valence-corrected chi connectivity index (χ1v) is 10.2. The number of likely N-dealkylation sites (tertiary alicyclic amines) is 1. The fourth-order valence-electron chi connectivity index (χ4n) is 4.21. The van der Waals surface area contributed by atoms with Gasteiger partial charge in [-0.05, 0) is 43.5 Å². The van der Waals surface area contributed by atoms with Gasteiger partial charge in [0, 0.05) is 19.2 Å². The summed E-state index contributed by atoms with van der Waals surface area (Å²) in [5, 5.41) is 7.23. The number of hydrogen-bond acceptors (Lipinski definition) is 4. The Morgan fingerprint density at radius 3 is 2.72 bits per heavy atom. The number of amides is 1. The quantitative estimate of drug-likeness (QED) is 0.781. The number of aliphatic imine (C=N–C) groups is 1. The third-order valence-corrected chi connectivity index (χ3v) is 5.73. The Kier molecular flexibility index (Phi) is 5.53. The SMILES string of the molecule is COCCN=C1Nc2ccccc2N[C@]12CCCN(C(=O)c1ccccc1C)C2. The highest BCUT2D eigenvalue weighted by atomic mass is 16.5. The Bertz CT molecular complexity index is 927. The number of anilines is 2. The molecule has 2 aromatic rings. The molecule has 0 bridgehead atoms. The Hall–Kier alpha value is -2.86. The Morgan fingerprint density at radius 1 is 1.17 bits per heavy atom. The van der Waals surface area contributed by atoms with Crippen LogP contribution in [-0.2, 0) is 4.74 Å². The number of carbonyl (C=O) groups is 1. The molecule has 4 rings (SSSR count). The molecule has 0 unspecified atom stereocenters. The number of rotatable bonds is 4. The highest BCUT2D eigenvalue weighted by Gasteiger charge is 2.44. The summed E-state index contributed by atoms with van der Waals surface area (Å²) >= 11 is 0. The predicted octanol–water partition coefficient (Wildman–Crippen LogP) is 3.55. The number of nitrogens with one attached hydrogen (secondary N) is 2. The monoisotopic (exact) mass is 392 g/mol. The summed E-state index contributed by atoms with van der Waals surface area (Å²) < 4.78 is 5.19. The van der Waals surface area contributed by atoms with Crippen LogP contribution < -0.4 is 10.6 Å². The Labute approximate surface area is 172 Å². The number of ether oxygens (including phenoxy) is 1. The van der Waals surface area contributed by atoms with Gasteiger partial charge in [0.2, 0.25) is 0 Å². The Morgan fingerprint density at radius 2 is 1.93 bits per heavy atom. The van der Waals surface area contributed by atoms with Crippen molar-refractivity contribution in [3.05, 3.63) is 59.7 Å². The molecule has 1 spiro atoms. The summed E-state index contributed by atoms with van der Waals surface area (Å²) in [6.07, 6.45) is 1.83. The number of para-hydroxylation sites is 2. The smallest absolute Gasteiger partial charge is 0.254 e. The third kappa shape index (κ3) is 3.85. The van der Waals surface area contributed by atoms with Crippen LogP contribution in [0, 0.1) is 6.92 Å². The highest BCUT2D eigenvalue weighted by Crippen LogP contribution is 2.36. The molecule has 1 amide bonds. The van der Waals surface area contributed by atoms with E-state index >= 15 is 0 Å². The molecule has 6 heteroatoms. The molecule has 0 radical (unpaired) electrons. The number of nitrogens with zero attached hydrogens (tertiary/aromatic N) is 2. The van der Waals surface area contributed by atoms with Crippen LogP contribution in [0.3, 0.4) is 0 Å². The van der Waals surface area contributed by atoms with Crippen molar-refractivity contribution in [2.24, 2.45) is 4.99 Å². The van der Waals surface area contributed by atoms with Gasteiger partial charge in [-0.2, -0.15) is 0 Å². The first-order valence-electron chi connectivity index (χ1n) is 10.2. The van der Waals surface area contributed by atoms with Gasteiger partial charge in [0.25, 0.3) is 5.91 Å². The lowest BCUT2D eigenvalue weighted by atomic mass is 9.84. The zero-order valence-corrected chi connectivity index (χ0v) is 17.1. The normalized spacial score (nSPS) is 22.1. The number of hydrogen-bond donors (Lipinski definition) is 2. The Balaban J connectivity index is 1.65. The second-order valence-corrected chi connectivity index (χ2v) is 7.75. The average molecular weight is 393 g/mol. The van der Waals surface area contributed by atoms with Gasteiger partial charge in [-0.3, -0.25) is 9.79 Å². The summed E-state index contributed by atoms with van der Waals surface area (Å²) in [6.45, 7) is 4.46. The van der Waals surface area contributed by atoms with Crippen molar-refractivity contribution in [2.45, 2.75) is 25.3 Å². The molecule has 0 saturated carbocycles. The van der Waals surface area contributed by atoms with E-state index in [1.807, 2.05) is 54.3 Å². The van der Waals surface area contributed by atoms with E-state index in [-0.39, 0.29) is 5.91 Å². The van der Waals surface area contributed by atoms with Gasteiger partial charge in [0.05, 0.1) is 31.1 Å². The lowest BCUT2D eigenvalue weighted by Gasteiger charge is -2.47. The van der Waals surface area contributed by atoms with E-state index < -0.39 is 5.54 Å². The van der Waals surface area contributed by atoms with Crippen molar-refractivity contribution in [3.63, 3.8) is 0 Å². The van der Waals surface area contributed by atoms with Gasteiger partial charge in [-0.1, -0.05) is 30.3 Å². The average Bonchev–Trinajstić information content (AvgIpc) is 2.74. The second-order valence-electron chi connectivity index (χ2n) is 7.75. The first-order chi connectivity index (χ1) is 14.1. The molecule has 152 valence electrons. The summed E-state index contributed by atoms with van der Waals surface area (Å²) in [5.74, 6) is 0.967. The number of amidine groups is 1. The van der Waals surface area contributed by atoms with Crippen LogP contribution in [0.4, 0.5) is 11.4 Å². The van der Waals surface area contributed by atoms with Gasteiger partial charge in [0.1, 0.15) is 11.4 Å². The molecule has 0 aliphatic carbocycles. The van der Waals surface area contributed by atoms with Gasteiger partial charge < -0.3 is 20.3 Å². The number of carbonyl (C=O) groups excluding carboxylic acids is 1. The number of aryl methyl sites for hydroxylation is 1. The van der Waals surface area contributed by atoms with E-state index in [4.69, 9.17) is 9.73 Å². The van der Waals surface area contributed by atoms with E-state index in [1.54, 1.807) is 7.11 Å². The van der Waals surface area contributed by atoms with Gasteiger partial charge in [0.15, 0.2) is 0 Å². The van der Waals surface area contributed by atoms with E-state index in [0.29, 0.717) is 19.7 Å². The molecule has 2 aliphatic rings. The molecular formula is C23H28N4O2. The highest BCUT2D eigenvalue weighted by molar-refractivity contribution is 6.10. The zero-order valence-electron chi connectivity index (χ0n) is 17.1. The van der Waals surface area contributed by atoms with Crippen LogP contribution in [0.15, 0.2) is 53.5 Å². The fraction of sp³-hybridized carbons (Fsp3) is 0.391. The second kappa shape index (κ2) is 8.25. The molecule has 1 saturated heterocycles. The van der Waals surface area contributed by atoms with Crippen molar-refractivity contribution >= 4 is 23.1 Å². The van der Waals surface area contributed by atoms with Crippen molar-refractivity contribution in [1.82, 2.24) is 4.90 Å². The van der Waals surface area contributed by atoms with E-state index in [2.05, 4.69) is 16.7 Å². The molecule has 2 aromatic carbocycles. The molecule has 0 aromatic heterocycles. The van der Waals surface area contributed by atoms with Gasteiger partial charge in [-0.15, -0.1) is 0 Å². The van der Waals surface area contributed by atoms with Gasteiger partial charge >= 0.3 is 0 Å². The molecule has 6 nitrogen and oxygen atoms in total. The maximum absolute atomic E-state index is 13.3. The molecule has 1 fully saturated rings. The van der Waals surface area contributed by atoms with Crippen LogP contribution >= 0.6 is 0 Å². The number of piperidine rings is 1. The summed E-state index contributed by atoms with van der Waals surface area (Å²) in [6, 6.07) is 15.9. The first kappa shape index (κ1) is 19.5. The van der Waals surface area contributed by atoms with Crippen LogP contribution in [-0.4, -0.2) is 55.5 Å². The number of fused-ring (bicyclic) bond motifs is 1. The topological polar surface area (TPSA) is 66.0 Å². The lowest BCUT2D eigenvalue weighted by molar-refractivity contribution is 0.0693. The maximum Gasteiger partial charge on any atom is 0.254 e. The minimum absolute atomic E-state index is 0.0825. The van der Waals surface area contributed by atoms with Gasteiger partial charge in [-0.25, -0.2) is 0 Å². The van der Waals surface area contributed by atoms with Crippen LogP contribution in [0.5, 0.6) is 0 Å². The fourth-order valence-corrected chi connectivity index (χ4v) is 4.21. The molecule has 2 heterocycles. The summed E-state index contributed by atoms with van der Waals surface area (Å²) in [5.41, 5.74) is 3.41. The minimum Gasteiger partial charge on any atom is -0.383 e. The lowest BCUT2D eigenvalue weighted by Crippen LogP contribution is -2.62. The van der Waals surface area contributed by atoms with Crippen molar-refractivity contribution in [1.29, 1.82) is 0 Å². The predicted molar refractivity (Wildman–Crippen MR) is 117 cm³/mol. The van der Waals surface area contributed by atoms with E-state index in [0.717, 1.165) is 47.7 Å².